The van der Waals surface area contributed by atoms with Gasteiger partial charge in [0.25, 0.3) is 0 Å². The average Bonchev–Trinajstić information content (AvgIpc) is 2.40. The molecule has 0 aromatic heterocycles. The lowest BCUT2D eigenvalue weighted by Crippen LogP contribution is -2.52. The fraction of sp³-hybridized carbons (Fsp3) is 0.533. The third-order valence-corrected chi connectivity index (χ3v) is 3.47. The van der Waals surface area contributed by atoms with E-state index < -0.39 is 6.10 Å². The summed E-state index contributed by atoms with van der Waals surface area (Å²) in [5.41, 5.74) is 2.13. The first-order valence-corrected chi connectivity index (χ1v) is 6.86. The summed E-state index contributed by atoms with van der Waals surface area (Å²) in [4.78, 5) is 16.0. The monoisotopic (exact) mass is 278 g/mol. The predicted molar refractivity (Wildman–Crippen MR) is 77.9 cm³/mol. The first-order chi connectivity index (χ1) is 9.60. The van der Waals surface area contributed by atoms with Crippen LogP contribution in [0.15, 0.2) is 24.3 Å². The van der Waals surface area contributed by atoms with Crippen molar-refractivity contribution in [3.05, 3.63) is 29.8 Å². The summed E-state index contributed by atoms with van der Waals surface area (Å²) in [7, 11) is 1.56. The van der Waals surface area contributed by atoms with Crippen LogP contribution < -0.4 is 4.90 Å². The van der Waals surface area contributed by atoms with E-state index in [4.69, 9.17) is 4.74 Å². The highest BCUT2D eigenvalue weighted by Crippen LogP contribution is 2.18. The zero-order valence-corrected chi connectivity index (χ0v) is 12.1. The van der Waals surface area contributed by atoms with Gasteiger partial charge in [-0.1, -0.05) is 17.7 Å². The van der Waals surface area contributed by atoms with E-state index in [0.29, 0.717) is 26.2 Å². The van der Waals surface area contributed by atoms with Crippen molar-refractivity contribution in [3.8, 4) is 0 Å². The third-order valence-electron chi connectivity index (χ3n) is 3.47. The summed E-state index contributed by atoms with van der Waals surface area (Å²) < 4.78 is 4.90. The first-order valence-electron chi connectivity index (χ1n) is 6.86. The standard InChI is InChI=1S/C15H22N2O3/c1-12-3-5-13(6-4-12)17-8-7-16(10-15(17)19)9-14(18)11-20-2/h3-6,14,18H,7-11H2,1-2H3. The highest BCUT2D eigenvalue weighted by Gasteiger charge is 2.26. The number of hydrogen-bond donors (Lipinski definition) is 1. The number of aryl methyl sites for hydroxylation is 1. The minimum atomic E-state index is -0.543. The van der Waals surface area contributed by atoms with Crippen LogP contribution in [0.2, 0.25) is 0 Å². The summed E-state index contributed by atoms with van der Waals surface area (Å²) in [5.74, 6) is 0.0738. The smallest absolute Gasteiger partial charge is 0.241 e. The van der Waals surface area contributed by atoms with Crippen LogP contribution in [0.25, 0.3) is 0 Å². The average molecular weight is 278 g/mol. The molecule has 1 aliphatic heterocycles. The number of ether oxygens (including phenoxy) is 1. The normalized spacial score (nSPS) is 18.4. The van der Waals surface area contributed by atoms with Gasteiger partial charge in [0.1, 0.15) is 0 Å². The lowest BCUT2D eigenvalue weighted by molar-refractivity contribution is -0.121. The molecular weight excluding hydrogens is 256 g/mol. The second-order valence-corrected chi connectivity index (χ2v) is 5.23. The van der Waals surface area contributed by atoms with Gasteiger partial charge in [0.2, 0.25) is 5.91 Å². The van der Waals surface area contributed by atoms with Crippen molar-refractivity contribution in [2.75, 3.05) is 44.8 Å². The maximum atomic E-state index is 12.2. The van der Waals surface area contributed by atoms with Crippen LogP contribution in [0.4, 0.5) is 5.69 Å². The molecule has 1 heterocycles. The number of nitrogens with zero attached hydrogens (tertiary/aromatic N) is 2. The lowest BCUT2D eigenvalue weighted by Gasteiger charge is -2.35. The van der Waals surface area contributed by atoms with E-state index in [1.165, 1.54) is 5.56 Å². The molecule has 0 aliphatic carbocycles. The SMILES string of the molecule is COCC(O)CN1CCN(c2ccc(C)cc2)C(=O)C1. The first kappa shape index (κ1) is 15.0. The molecule has 1 fully saturated rings. The molecule has 20 heavy (non-hydrogen) atoms. The Morgan fingerprint density at radius 1 is 1.30 bits per heavy atom. The lowest BCUT2D eigenvalue weighted by atomic mass is 10.2. The number of aliphatic hydroxyl groups excluding tert-OH is 1. The number of carbonyl (C=O) groups is 1. The molecule has 1 unspecified atom stereocenters. The molecule has 1 N–H and O–H groups in total. The van der Waals surface area contributed by atoms with Gasteiger partial charge in [-0.25, -0.2) is 0 Å². The summed E-state index contributed by atoms with van der Waals surface area (Å²) in [6.45, 7) is 4.56. The number of anilines is 1. The third kappa shape index (κ3) is 3.79. The number of benzene rings is 1. The molecule has 0 spiro atoms. The van der Waals surface area contributed by atoms with E-state index in [0.717, 1.165) is 12.2 Å². The van der Waals surface area contributed by atoms with E-state index in [9.17, 15) is 9.90 Å². The molecule has 0 saturated carbocycles. The van der Waals surface area contributed by atoms with Crippen LogP contribution in [0.1, 0.15) is 5.56 Å². The largest absolute Gasteiger partial charge is 0.389 e. The highest BCUT2D eigenvalue weighted by atomic mass is 16.5. The molecule has 1 aromatic rings. The highest BCUT2D eigenvalue weighted by molar-refractivity contribution is 5.95. The Bertz CT molecular complexity index is 447. The maximum absolute atomic E-state index is 12.2. The molecule has 1 aromatic carbocycles. The number of hydrogen-bond acceptors (Lipinski definition) is 4. The minimum Gasteiger partial charge on any atom is -0.389 e. The van der Waals surface area contributed by atoms with Crippen LogP contribution in [0.5, 0.6) is 0 Å². The van der Waals surface area contributed by atoms with Gasteiger partial charge in [-0.15, -0.1) is 0 Å². The van der Waals surface area contributed by atoms with Crippen molar-refractivity contribution >= 4 is 11.6 Å². The summed E-state index contributed by atoms with van der Waals surface area (Å²) in [6, 6.07) is 7.97. The summed E-state index contributed by atoms with van der Waals surface area (Å²) in [5, 5.41) is 9.71. The van der Waals surface area contributed by atoms with Gasteiger partial charge < -0.3 is 14.7 Å². The molecule has 0 bridgehead atoms. The number of rotatable bonds is 5. The number of carbonyl (C=O) groups excluding carboxylic acids is 1. The Kier molecular flexibility index (Phi) is 5.11. The van der Waals surface area contributed by atoms with Crippen molar-refractivity contribution < 1.29 is 14.6 Å². The van der Waals surface area contributed by atoms with E-state index in [2.05, 4.69) is 0 Å². The van der Waals surface area contributed by atoms with Crippen molar-refractivity contribution in [2.45, 2.75) is 13.0 Å². The Morgan fingerprint density at radius 3 is 2.60 bits per heavy atom. The number of β-amino-alcohol motifs (C(OH)–C–C–N with tert-alkyl or cyclic N) is 1. The van der Waals surface area contributed by atoms with Crippen LogP contribution in [0.3, 0.4) is 0 Å². The maximum Gasteiger partial charge on any atom is 0.241 e. The molecule has 5 heteroatoms. The summed E-state index contributed by atoms with van der Waals surface area (Å²) in [6.07, 6.45) is -0.543. The Hall–Kier alpha value is -1.43. The zero-order valence-electron chi connectivity index (χ0n) is 12.1. The molecule has 1 amide bonds. The Balaban J connectivity index is 1.92. The minimum absolute atomic E-state index is 0.0738. The van der Waals surface area contributed by atoms with Crippen molar-refractivity contribution in [3.63, 3.8) is 0 Å². The van der Waals surface area contributed by atoms with E-state index in [-0.39, 0.29) is 5.91 Å². The van der Waals surface area contributed by atoms with Crippen LogP contribution in [0, 0.1) is 6.92 Å². The molecule has 1 atom stereocenters. The quantitative estimate of drug-likeness (QED) is 0.859. The molecule has 1 aliphatic rings. The molecule has 5 nitrogen and oxygen atoms in total. The summed E-state index contributed by atoms with van der Waals surface area (Å²) >= 11 is 0. The van der Waals surface area contributed by atoms with Gasteiger partial charge in [0, 0.05) is 32.4 Å². The molecule has 0 radical (unpaired) electrons. The molecule has 110 valence electrons. The van der Waals surface area contributed by atoms with Gasteiger partial charge in [0.05, 0.1) is 19.3 Å². The number of aliphatic hydroxyl groups is 1. The van der Waals surface area contributed by atoms with Gasteiger partial charge in [-0.3, -0.25) is 9.69 Å². The van der Waals surface area contributed by atoms with Crippen LogP contribution >= 0.6 is 0 Å². The Labute approximate surface area is 119 Å². The van der Waals surface area contributed by atoms with Crippen LogP contribution in [-0.2, 0) is 9.53 Å². The fourth-order valence-electron chi connectivity index (χ4n) is 2.42. The number of amides is 1. The van der Waals surface area contributed by atoms with E-state index in [1.54, 1.807) is 12.0 Å². The molecular formula is C15H22N2O3. The van der Waals surface area contributed by atoms with Gasteiger partial charge >= 0.3 is 0 Å². The number of piperazine rings is 1. The zero-order chi connectivity index (χ0) is 14.5. The van der Waals surface area contributed by atoms with Gasteiger partial charge in [0.15, 0.2) is 0 Å². The van der Waals surface area contributed by atoms with Gasteiger partial charge in [-0.2, -0.15) is 0 Å². The van der Waals surface area contributed by atoms with E-state index >= 15 is 0 Å². The van der Waals surface area contributed by atoms with Crippen LogP contribution in [-0.4, -0.2) is 61.9 Å². The van der Waals surface area contributed by atoms with E-state index in [1.807, 2.05) is 36.1 Å². The fourth-order valence-corrected chi connectivity index (χ4v) is 2.42. The topological polar surface area (TPSA) is 53.0 Å². The second kappa shape index (κ2) is 6.83. The van der Waals surface area contributed by atoms with Crippen molar-refractivity contribution in [1.82, 2.24) is 4.90 Å². The van der Waals surface area contributed by atoms with Crippen molar-refractivity contribution in [2.24, 2.45) is 0 Å². The predicted octanol–water partition coefficient (Wildman–Crippen LogP) is 0.651. The molecule has 1 saturated heterocycles. The Morgan fingerprint density at radius 2 is 2.00 bits per heavy atom. The number of methoxy groups -OCH3 is 1. The van der Waals surface area contributed by atoms with Crippen molar-refractivity contribution in [1.29, 1.82) is 0 Å². The second-order valence-electron chi connectivity index (χ2n) is 5.23. The van der Waals surface area contributed by atoms with Gasteiger partial charge in [-0.05, 0) is 19.1 Å². The molecule has 2 rings (SSSR count).